The first kappa shape index (κ1) is 12.0. The van der Waals surface area contributed by atoms with Gasteiger partial charge in [-0.2, -0.15) is 0 Å². The summed E-state index contributed by atoms with van der Waals surface area (Å²) in [5.74, 6) is -0.566. The summed E-state index contributed by atoms with van der Waals surface area (Å²) in [4.78, 5) is 11.0. The van der Waals surface area contributed by atoms with Crippen LogP contribution in [0.4, 0.5) is 0 Å². The first-order chi connectivity index (χ1) is 5.65. The molecule has 3 nitrogen and oxygen atoms in total. The van der Waals surface area contributed by atoms with Crippen LogP contribution in [0.2, 0.25) is 0 Å². The van der Waals surface area contributed by atoms with E-state index in [1.165, 1.54) is 13.2 Å². The number of esters is 1. The Bertz CT molecular complexity index is 310. The van der Waals surface area contributed by atoms with Crippen molar-refractivity contribution in [3.05, 3.63) is 29.3 Å². The van der Waals surface area contributed by atoms with Crippen molar-refractivity contribution in [1.29, 1.82) is 0 Å². The summed E-state index contributed by atoms with van der Waals surface area (Å²) in [6.07, 6.45) is 0. The van der Waals surface area contributed by atoms with E-state index in [0.717, 1.165) is 5.56 Å². The summed E-state index contributed by atoms with van der Waals surface area (Å²) in [5.41, 5.74) is 1.12. The van der Waals surface area contributed by atoms with Crippen molar-refractivity contribution in [2.24, 2.45) is 0 Å². The minimum absolute atomic E-state index is 0. The predicted molar refractivity (Wildman–Crippen MR) is 54.1 cm³/mol. The van der Waals surface area contributed by atoms with E-state index < -0.39 is 5.97 Å². The largest absolute Gasteiger partial charge is 0.507 e. The molecule has 1 rings (SSSR count). The Balaban J connectivity index is 0.00000144. The number of rotatable bonds is 1. The third-order valence-electron chi connectivity index (χ3n) is 1.56. The van der Waals surface area contributed by atoms with E-state index in [1.54, 1.807) is 12.1 Å². The van der Waals surface area contributed by atoms with E-state index >= 15 is 0 Å². The molecule has 0 aromatic heterocycles. The maximum atomic E-state index is 11.0. The number of hydrogen-bond donors (Lipinski definition) is 1. The number of hydrogen-bond acceptors (Lipinski definition) is 3. The Morgan fingerprint density at radius 3 is 2.62 bits per heavy atom. The van der Waals surface area contributed by atoms with Crippen LogP contribution in [0, 0.1) is 6.92 Å². The van der Waals surface area contributed by atoms with Gasteiger partial charge in [-0.1, -0.05) is 11.6 Å². The van der Waals surface area contributed by atoms with Crippen molar-refractivity contribution in [3.63, 3.8) is 0 Å². The molecule has 4 heteroatoms. The van der Waals surface area contributed by atoms with Crippen LogP contribution in [-0.4, -0.2) is 35.5 Å². The summed E-state index contributed by atoms with van der Waals surface area (Å²) in [5, 5.41) is 9.24. The molecule has 0 radical (unpaired) electrons. The van der Waals surface area contributed by atoms with Crippen LogP contribution in [0.25, 0.3) is 0 Å². The van der Waals surface area contributed by atoms with E-state index in [0.29, 0.717) is 0 Å². The summed E-state index contributed by atoms with van der Waals surface area (Å²) in [6, 6.07) is 4.78. The van der Waals surface area contributed by atoms with Gasteiger partial charge in [0, 0.05) is 0 Å². The highest BCUT2D eigenvalue weighted by Gasteiger charge is 2.10. The van der Waals surface area contributed by atoms with Crippen molar-refractivity contribution in [3.8, 4) is 5.75 Å². The number of phenols is 1. The maximum absolute atomic E-state index is 11.0. The van der Waals surface area contributed by atoms with Crippen molar-refractivity contribution < 1.29 is 14.6 Å². The second-order valence-corrected chi connectivity index (χ2v) is 2.51. The summed E-state index contributed by atoms with van der Waals surface area (Å²) >= 11 is 0. The lowest BCUT2D eigenvalue weighted by atomic mass is 10.1. The van der Waals surface area contributed by atoms with Gasteiger partial charge in [-0.05, 0) is 19.1 Å². The molecule has 0 saturated carbocycles. The minimum atomic E-state index is -0.517. The molecule has 0 aliphatic heterocycles. The number of aromatic hydroxyl groups is 1. The molecule has 0 amide bonds. The van der Waals surface area contributed by atoms with Crippen molar-refractivity contribution in [2.45, 2.75) is 6.92 Å². The predicted octanol–water partition coefficient (Wildman–Crippen LogP) is 0.303. The van der Waals surface area contributed by atoms with Gasteiger partial charge in [-0.15, -0.1) is 0 Å². The molecule has 1 N–H and O–H groups in total. The van der Waals surface area contributed by atoms with Gasteiger partial charge in [-0.3, -0.25) is 0 Å². The highest BCUT2D eigenvalue weighted by Crippen LogP contribution is 2.18. The molecule has 0 atom stereocenters. The van der Waals surface area contributed by atoms with Crippen molar-refractivity contribution in [1.82, 2.24) is 0 Å². The SMILES string of the molecule is COC(=O)c1cc(C)ccc1O.[AlH3]. The zero-order valence-corrected chi connectivity index (χ0v) is 7.00. The lowest BCUT2D eigenvalue weighted by Crippen LogP contribution is -2.01. The van der Waals surface area contributed by atoms with Gasteiger partial charge in [0.05, 0.1) is 7.11 Å². The molecule has 0 saturated heterocycles. The Labute approximate surface area is 87.5 Å². The Morgan fingerprint density at radius 2 is 2.08 bits per heavy atom. The Hall–Kier alpha value is -0.978. The molecule has 1 aromatic carbocycles. The number of carbonyl (C=O) groups excluding carboxylic acids is 1. The molecule has 0 spiro atoms. The van der Waals surface area contributed by atoms with Gasteiger partial charge in [0.1, 0.15) is 11.3 Å². The van der Waals surface area contributed by atoms with Crippen LogP contribution in [0.15, 0.2) is 18.2 Å². The summed E-state index contributed by atoms with van der Waals surface area (Å²) in [6.45, 7) is 1.84. The zero-order chi connectivity index (χ0) is 9.14. The van der Waals surface area contributed by atoms with E-state index in [-0.39, 0.29) is 28.7 Å². The van der Waals surface area contributed by atoms with Gasteiger partial charge in [0.15, 0.2) is 17.4 Å². The van der Waals surface area contributed by atoms with Crippen molar-refractivity contribution >= 4 is 23.3 Å². The fourth-order valence-electron chi connectivity index (χ4n) is 0.923. The number of aryl methyl sites for hydroxylation is 1. The standard InChI is InChI=1S/C9H10O3.Al.3H/c1-6-3-4-8(10)7(5-6)9(11)12-2;;;;/h3-5,10H,1-2H3;;;;. The molecule has 13 heavy (non-hydrogen) atoms. The van der Waals surface area contributed by atoms with E-state index in [1.807, 2.05) is 6.92 Å². The molecule has 1 aromatic rings. The average Bonchev–Trinajstić information content (AvgIpc) is 2.08. The van der Waals surface area contributed by atoms with Gasteiger partial charge in [0.2, 0.25) is 0 Å². The van der Waals surface area contributed by atoms with Gasteiger partial charge < -0.3 is 9.84 Å². The highest BCUT2D eigenvalue weighted by atomic mass is 27.0. The average molecular weight is 196 g/mol. The molecular weight excluding hydrogens is 183 g/mol. The lowest BCUT2D eigenvalue weighted by Gasteiger charge is -2.02. The van der Waals surface area contributed by atoms with Crippen LogP contribution < -0.4 is 0 Å². The smallest absolute Gasteiger partial charge is 0.341 e. The Kier molecular flexibility index (Phi) is 4.54. The van der Waals surface area contributed by atoms with Crippen LogP contribution in [0.5, 0.6) is 5.75 Å². The van der Waals surface area contributed by atoms with Crippen molar-refractivity contribution in [2.75, 3.05) is 7.11 Å². The maximum Gasteiger partial charge on any atom is 0.341 e. The first-order valence-electron chi connectivity index (χ1n) is 3.53. The zero-order valence-electron chi connectivity index (χ0n) is 7.00. The number of ether oxygens (including phenoxy) is 1. The molecule has 0 bridgehead atoms. The lowest BCUT2D eigenvalue weighted by molar-refractivity contribution is 0.0597. The number of benzene rings is 1. The third kappa shape index (κ3) is 2.76. The van der Waals surface area contributed by atoms with Gasteiger partial charge in [-0.25, -0.2) is 4.79 Å². The first-order valence-corrected chi connectivity index (χ1v) is 3.53. The summed E-state index contributed by atoms with van der Waals surface area (Å²) in [7, 11) is 1.28. The number of methoxy groups -OCH3 is 1. The number of carbonyl (C=O) groups is 1. The normalized spacial score (nSPS) is 8.77. The van der Waals surface area contributed by atoms with Gasteiger partial charge >= 0.3 is 5.97 Å². The molecular formula is C9H13AlO3. The fourth-order valence-corrected chi connectivity index (χ4v) is 0.923. The quantitative estimate of drug-likeness (QED) is 0.519. The van der Waals surface area contributed by atoms with Crippen LogP contribution >= 0.6 is 0 Å². The van der Waals surface area contributed by atoms with Gasteiger partial charge in [0.25, 0.3) is 0 Å². The van der Waals surface area contributed by atoms with Crippen LogP contribution in [0.1, 0.15) is 15.9 Å². The molecule has 0 fully saturated rings. The fraction of sp³-hybridized carbons (Fsp3) is 0.222. The molecule has 0 unspecified atom stereocenters. The van der Waals surface area contributed by atoms with Crippen LogP contribution in [-0.2, 0) is 4.74 Å². The second kappa shape index (κ2) is 4.91. The Morgan fingerprint density at radius 1 is 1.46 bits per heavy atom. The molecule has 0 aliphatic carbocycles. The van der Waals surface area contributed by atoms with E-state index in [2.05, 4.69) is 4.74 Å². The highest BCUT2D eigenvalue weighted by molar-refractivity contribution is 5.92. The number of phenolic OH excluding ortho intramolecular Hbond substituents is 1. The molecule has 70 valence electrons. The third-order valence-corrected chi connectivity index (χ3v) is 1.56. The summed E-state index contributed by atoms with van der Waals surface area (Å²) < 4.78 is 4.47. The minimum Gasteiger partial charge on any atom is -0.507 e. The topological polar surface area (TPSA) is 46.5 Å². The van der Waals surface area contributed by atoms with Crippen LogP contribution in [0.3, 0.4) is 0 Å². The molecule has 0 aliphatic rings. The molecule has 0 heterocycles. The second-order valence-electron chi connectivity index (χ2n) is 2.51. The van der Waals surface area contributed by atoms with E-state index in [9.17, 15) is 9.90 Å². The van der Waals surface area contributed by atoms with E-state index in [4.69, 9.17) is 0 Å². The monoisotopic (exact) mass is 196 g/mol.